The van der Waals surface area contributed by atoms with Crippen LogP contribution < -0.4 is 0 Å². The van der Waals surface area contributed by atoms with E-state index in [2.05, 4.69) is 65.8 Å². The van der Waals surface area contributed by atoms with Crippen molar-refractivity contribution in [3.63, 3.8) is 0 Å². The Hall–Kier alpha value is -2.46. The van der Waals surface area contributed by atoms with Crippen molar-refractivity contribution in [2.24, 2.45) is 11.8 Å². The first-order chi connectivity index (χ1) is 45.9. The molecule has 0 saturated carbocycles. The molecular formula is C76H144O17P2. The Bertz CT molecular complexity index is 1930. The number of hydrogen-bond donors (Lipinski definition) is 3. The van der Waals surface area contributed by atoms with Crippen molar-refractivity contribution < 1.29 is 80.2 Å². The van der Waals surface area contributed by atoms with Gasteiger partial charge < -0.3 is 33.8 Å². The molecule has 0 aliphatic heterocycles. The van der Waals surface area contributed by atoms with E-state index < -0.39 is 97.5 Å². The molecule has 19 heteroatoms. The predicted molar refractivity (Wildman–Crippen MR) is 386 cm³/mol. The second kappa shape index (κ2) is 67.4. The lowest BCUT2D eigenvalue weighted by Crippen LogP contribution is -2.30. The highest BCUT2D eigenvalue weighted by Gasteiger charge is 2.30. The third kappa shape index (κ3) is 68.5. The molecule has 0 aliphatic rings. The highest BCUT2D eigenvalue weighted by atomic mass is 31.2. The van der Waals surface area contributed by atoms with Gasteiger partial charge in [0.05, 0.1) is 26.4 Å². The van der Waals surface area contributed by atoms with Gasteiger partial charge in [0, 0.05) is 25.7 Å². The number of aliphatic hydroxyl groups is 1. The van der Waals surface area contributed by atoms with Gasteiger partial charge in [-0.1, -0.05) is 316 Å². The van der Waals surface area contributed by atoms with Gasteiger partial charge in [-0.15, -0.1) is 0 Å². The quantitative estimate of drug-likeness (QED) is 0.0169. The first-order valence-electron chi connectivity index (χ1n) is 38.8. The lowest BCUT2D eigenvalue weighted by Gasteiger charge is -2.21. The summed E-state index contributed by atoms with van der Waals surface area (Å²) in [6, 6.07) is 0. The summed E-state index contributed by atoms with van der Waals surface area (Å²) in [6.07, 6.45) is 57.5. The lowest BCUT2D eigenvalue weighted by molar-refractivity contribution is -0.161. The molecular weight excluding hydrogens is 1250 g/mol. The SMILES string of the molecule is CCCCCC/C=C\C=C/CCCCCCCC(=O)OC[C@H](COP(=O)(O)OC[C@@H](O)COP(=O)(O)OC[C@@H](COC(=O)CCCCCCCCCCCCC)OC(=O)CCCCCCCCCCC(C)CC)OC(=O)CCCCCCCCCCCCCCCCC(C)C. The Morgan fingerprint density at radius 1 is 0.347 bits per heavy atom. The molecule has 560 valence electrons. The summed E-state index contributed by atoms with van der Waals surface area (Å²) < 4.78 is 68.5. The van der Waals surface area contributed by atoms with E-state index >= 15 is 0 Å². The largest absolute Gasteiger partial charge is 0.472 e. The minimum atomic E-state index is -4.96. The van der Waals surface area contributed by atoms with E-state index in [1.807, 2.05) is 0 Å². The number of carbonyl (C=O) groups is 4. The molecule has 0 amide bonds. The van der Waals surface area contributed by atoms with E-state index in [1.165, 1.54) is 167 Å². The molecule has 0 heterocycles. The molecule has 6 atom stereocenters. The van der Waals surface area contributed by atoms with Crippen molar-refractivity contribution >= 4 is 39.5 Å². The average molecular weight is 1390 g/mol. The van der Waals surface area contributed by atoms with Gasteiger partial charge >= 0.3 is 39.5 Å². The van der Waals surface area contributed by atoms with Gasteiger partial charge in [0.25, 0.3) is 0 Å². The smallest absolute Gasteiger partial charge is 0.462 e. The maximum absolute atomic E-state index is 13.1. The van der Waals surface area contributed by atoms with Crippen LogP contribution in [0.1, 0.15) is 369 Å². The molecule has 0 aromatic heterocycles. The minimum absolute atomic E-state index is 0.101. The average Bonchev–Trinajstić information content (AvgIpc) is 1.41. The molecule has 0 aromatic rings. The van der Waals surface area contributed by atoms with E-state index in [4.69, 9.17) is 37.0 Å². The Morgan fingerprint density at radius 3 is 0.947 bits per heavy atom. The molecule has 0 rings (SSSR count). The summed E-state index contributed by atoms with van der Waals surface area (Å²) in [6.45, 7) is 9.54. The summed E-state index contributed by atoms with van der Waals surface area (Å²) in [5, 5.41) is 10.6. The van der Waals surface area contributed by atoms with Gasteiger partial charge in [0.1, 0.15) is 19.3 Å². The Kier molecular flexibility index (Phi) is 65.6. The molecule has 17 nitrogen and oxygen atoms in total. The van der Waals surface area contributed by atoms with Gasteiger partial charge in [0.15, 0.2) is 12.2 Å². The summed E-state index contributed by atoms with van der Waals surface area (Å²) in [4.78, 5) is 72.8. The van der Waals surface area contributed by atoms with Crippen LogP contribution >= 0.6 is 15.6 Å². The lowest BCUT2D eigenvalue weighted by atomic mass is 9.99. The molecule has 95 heavy (non-hydrogen) atoms. The molecule has 3 N–H and O–H groups in total. The maximum atomic E-state index is 13.1. The predicted octanol–water partition coefficient (Wildman–Crippen LogP) is 21.9. The highest BCUT2D eigenvalue weighted by Crippen LogP contribution is 2.45. The third-order valence-corrected chi connectivity index (χ3v) is 19.3. The van der Waals surface area contributed by atoms with Crippen molar-refractivity contribution in [3.05, 3.63) is 24.3 Å². The van der Waals surface area contributed by atoms with Crippen LogP contribution in [0.4, 0.5) is 0 Å². The number of allylic oxidation sites excluding steroid dienone is 4. The zero-order valence-electron chi connectivity index (χ0n) is 61.5. The standard InChI is InChI=1S/C76H144O17P2/c1-7-10-12-14-16-18-20-21-22-26-30-34-41-47-53-59-74(79)87-64-71(92-75(80)60-54-48-42-35-31-27-24-23-25-29-32-38-44-50-56-68(4)5)66-90-94(82,83)88-62-70(77)63-89-95(84,85)91-67-72(65-86-73(78)58-52-46-40-33-28-19-17-15-13-11-8-2)93-76(81)61-55-49-43-37-36-39-45-51-57-69(6)9-3/h18,20-22,68-72,77H,7-17,19,23-67H2,1-6H3,(H,82,83)(H,84,85)/b20-18-,22-21-/t69?,70-,71-,72-/m1/s1. The highest BCUT2D eigenvalue weighted by molar-refractivity contribution is 7.47. The fraction of sp³-hybridized carbons (Fsp3) is 0.895. The van der Waals surface area contributed by atoms with Gasteiger partial charge in [-0.3, -0.25) is 37.3 Å². The molecule has 0 spiro atoms. The van der Waals surface area contributed by atoms with E-state index in [0.29, 0.717) is 25.7 Å². The van der Waals surface area contributed by atoms with Crippen LogP contribution in [0.5, 0.6) is 0 Å². The monoisotopic (exact) mass is 1390 g/mol. The minimum Gasteiger partial charge on any atom is -0.462 e. The number of carbonyl (C=O) groups excluding carboxylic acids is 4. The fourth-order valence-electron chi connectivity index (χ4n) is 11.1. The van der Waals surface area contributed by atoms with E-state index in [9.17, 15) is 43.2 Å². The Morgan fingerprint density at radius 2 is 0.621 bits per heavy atom. The summed E-state index contributed by atoms with van der Waals surface area (Å²) in [7, 11) is -9.92. The Labute approximate surface area is 580 Å². The summed E-state index contributed by atoms with van der Waals surface area (Å²) in [5.41, 5.74) is 0. The number of phosphoric ester groups is 2. The first kappa shape index (κ1) is 92.5. The zero-order valence-corrected chi connectivity index (χ0v) is 63.2. The normalized spacial score (nSPS) is 14.5. The number of ether oxygens (including phenoxy) is 4. The van der Waals surface area contributed by atoms with E-state index in [-0.39, 0.29) is 25.7 Å². The molecule has 0 fully saturated rings. The fourth-order valence-corrected chi connectivity index (χ4v) is 12.7. The van der Waals surface area contributed by atoms with Gasteiger partial charge in [-0.2, -0.15) is 0 Å². The van der Waals surface area contributed by atoms with Crippen LogP contribution in [-0.4, -0.2) is 96.7 Å². The van der Waals surface area contributed by atoms with Crippen molar-refractivity contribution in [2.75, 3.05) is 39.6 Å². The van der Waals surface area contributed by atoms with Crippen LogP contribution in [0.2, 0.25) is 0 Å². The molecule has 0 radical (unpaired) electrons. The second-order valence-electron chi connectivity index (χ2n) is 27.4. The van der Waals surface area contributed by atoms with Gasteiger partial charge in [-0.25, -0.2) is 9.13 Å². The summed E-state index contributed by atoms with van der Waals surface area (Å²) >= 11 is 0. The van der Waals surface area contributed by atoms with Crippen molar-refractivity contribution in [3.8, 4) is 0 Å². The summed E-state index contributed by atoms with van der Waals surface area (Å²) in [5.74, 6) is -0.586. The Balaban J connectivity index is 5.29. The van der Waals surface area contributed by atoms with Crippen molar-refractivity contribution in [1.82, 2.24) is 0 Å². The molecule has 0 aromatic carbocycles. The molecule has 0 aliphatic carbocycles. The van der Waals surface area contributed by atoms with Crippen LogP contribution in [0, 0.1) is 11.8 Å². The van der Waals surface area contributed by atoms with Crippen LogP contribution in [0.3, 0.4) is 0 Å². The van der Waals surface area contributed by atoms with Gasteiger partial charge in [0.2, 0.25) is 0 Å². The number of aliphatic hydroxyl groups excluding tert-OH is 1. The molecule has 0 saturated heterocycles. The van der Waals surface area contributed by atoms with Crippen molar-refractivity contribution in [2.45, 2.75) is 387 Å². The van der Waals surface area contributed by atoms with E-state index in [1.54, 1.807) is 0 Å². The first-order valence-corrected chi connectivity index (χ1v) is 41.8. The number of rotatable bonds is 73. The van der Waals surface area contributed by atoms with E-state index in [0.717, 1.165) is 121 Å². The molecule has 3 unspecified atom stereocenters. The van der Waals surface area contributed by atoms with Gasteiger partial charge in [-0.05, 0) is 63.2 Å². The topological polar surface area (TPSA) is 237 Å². The number of unbranched alkanes of at least 4 members (excludes halogenated alkanes) is 39. The van der Waals surface area contributed by atoms with Crippen LogP contribution in [0.15, 0.2) is 24.3 Å². The maximum Gasteiger partial charge on any atom is 0.472 e. The number of esters is 4. The molecule has 0 bridgehead atoms. The van der Waals surface area contributed by atoms with Crippen molar-refractivity contribution in [1.29, 1.82) is 0 Å². The third-order valence-electron chi connectivity index (χ3n) is 17.4. The second-order valence-corrected chi connectivity index (χ2v) is 30.3. The van der Waals surface area contributed by atoms with Crippen LogP contribution in [0.25, 0.3) is 0 Å². The number of phosphoric acid groups is 2. The number of hydrogen-bond acceptors (Lipinski definition) is 15. The zero-order chi connectivity index (χ0) is 70.0. The van der Waals surface area contributed by atoms with Crippen LogP contribution in [-0.2, 0) is 65.4 Å².